The number of alkyl carbamates (subject to hydrolysis) is 1. The minimum absolute atomic E-state index is 0.0679. The molecule has 0 saturated heterocycles. The van der Waals surface area contributed by atoms with Crippen molar-refractivity contribution >= 4 is 17.9 Å². The number of rotatable bonds is 23. The summed E-state index contributed by atoms with van der Waals surface area (Å²) < 4.78 is 17.1. The van der Waals surface area contributed by atoms with Gasteiger partial charge in [-0.05, 0) is 77.4 Å². The first-order chi connectivity index (χ1) is 28.6. The summed E-state index contributed by atoms with van der Waals surface area (Å²) in [4.78, 5) is 38.3. The van der Waals surface area contributed by atoms with Gasteiger partial charge in [-0.15, -0.1) is 0 Å². The summed E-state index contributed by atoms with van der Waals surface area (Å²) in [6.45, 7) is 11.3. The molecule has 0 radical (unpaired) electrons. The Morgan fingerprint density at radius 3 is 1.86 bits per heavy atom. The fourth-order valence-electron chi connectivity index (χ4n) is 6.22. The Hall–Kier alpha value is -7.01. The first-order valence-corrected chi connectivity index (χ1v) is 19.6. The zero-order valence-corrected chi connectivity index (χ0v) is 33.5. The lowest BCUT2D eigenvalue weighted by Crippen LogP contribution is -2.49. The minimum Gasteiger partial charge on any atom is -0.489 e. The molecule has 0 aliphatic carbocycles. The van der Waals surface area contributed by atoms with Crippen LogP contribution in [0, 0.1) is 6.92 Å². The summed E-state index contributed by atoms with van der Waals surface area (Å²) in [5.74, 6) is 0.188. The molecule has 5 rings (SSSR count). The Bertz CT molecular complexity index is 2150. The van der Waals surface area contributed by atoms with Crippen LogP contribution < -0.4 is 31.7 Å². The lowest BCUT2D eigenvalue weighted by molar-refractivity contribution is -0.120. The van der Waals surface area contributed by atoms with Crippen LogP contribution in [0.15, 0.2) is 158 Å². The van der Waals surface area contributed by atoms with E-state index < -0.39 is 30.0 Å². The smallest absolute Gasteiger partial charge is 0.407 e. The Kier molecular flexibility index (Phi) is 16.6. The predicted octanol–water partition coefficient (Wildman–Crippen LogP) is 7.21. The monoisotopic (exact) mass is 795 g/mol. The number of carbonyl (C=O) groups is 3. The van der Waals surface area contributed by atoms with Crippen LogP contribution in [0.1, 0.15) is 40.7 Å². The van der Waals surface area contributed by atoms with Gasteiger partial charge in [0.2, 0.25) is 11.8 Å². The van der Waals surface area contributed by atoms with Crippen LogP contribution in [0.3, 0.4) is 0 Å². The van der Waals surface area contributed by atoms with Crippen molar-refractivity contribution in [1.29, 1.82) is 0 Å². The molecule has 0 spiro atoms. The van der Waals surface area contributed by atoms with Gasteiger partial charge < -0.3 is 41.2 Å². The van der Waals surface area contributed by atoms with Crippen molar-refractivity contribution in [2.24, 2.45) is 5.73 Å². The number of amides is 3. The molecule has 0 heterocycles. The lowest BCUT2D eigenvalue weighted by atomic mass is 9.97. The Morgan fingerprint density at radius 2 is 1.24 bits per heavy atom. The quantitative estimate of drug-likeness (QED) is 0.0344. The van der Waals surface area contributed by atoms with Crippen molar-refractivity contribution in [3.8, 4) is 16.9 Å². The largest absolute Gasteiger partial charge is 0.489 e. The van der Waals surface area contributed by atoms with Crippen LogP contribution in [0.5, 0.6) is 5.75 Å². The van der Waals surface area contributed by atoms with E-state index in [1.807, 2.05) is 134 Å². The van der Waals surface area contributed by atoms with E-state index >= 15 is 0 Å². The van der Waals surface area contributed by atoms with Crippen LogP contribution in [0.25, 0.3) is 11.1 Å². The zero-order chi connectivity index (χ0) is 41.8. The fourth-order valence-corrected chi connectivity index (χ4v) is 6.22. The number of ether oxygens (including phenoxy) is 3. The van der Waals surface area contributed by atoms with Crippen LogP contribution in [-0.4, -0.2) is 43.1 Å². The molecule has 0 saturated carbocycles. The predicted molar refractivity (Wildman–Crippen MR) is 231 cm³/mol. The van der Waals surface area contributed by atoms with Crippen molar-refractivity contribution in [2.75, 3.05) is 13.1 Å². The van der Waals surface area contributed by atoms with Gasteiger partial charge in [0, 0.05) is 18.7 Å². The van der Waals surface area contributed by atoms with E-state index in [-0.39, 0.29) is 19.6 Å². The van der Waals surface area contributed by atoms with Gasteiger partial charge in [0.1, 0.15) is 38.2 Å². The highest BCUT2D eigenvalue weighted by Gasteiger charge is 2.23. The van der Waals surface area contributed by atoms with E-state index in [9.17, 15) is 14.4 Å². The molecule has 5 aromatic carbocycles. The molecule has 5 aromatic rings. The summed E-state index contributed by atoms with van der Waals surface area (Å²) in [5, 5.41) is 11.8. The topological polar surface area (TPSA) is 153 Å². The Morgan fingerprint density at radius 1 is 0.644 bits per heavy atom. The molecule has 0 bridgehead atoms. The molecular formula is C48H53N5O6. The van der Waals surface area contributed by atoms with Gasteiger partial charge in [-0.1, -0.05) is 128 Å². The number of aryl methyl sites for hydroxylation is 1. The molecule has 3 amide bonds. The van der Waals surface area contributed by atoms with Gasteiger partial charge in [-0.2, -0.15) is 0 Å². The Balaban J connectivity index is 1.18. The number of primary amides is 1. The molecule has 2 atom stereocenters. The van der Waals surface area contributed by atoms with E-state index in [1.165, 1.54) is 0 Å². The van der Waals surface area contributed by atoms with Crippen molar-refractivity contribution in [1.82, 2.24) is 21.3 Å². The summed E-state index contributed by atoms with van der Waals surface area (Å²) in [5.41, 5.74) is 13.1. The molecule has 6 N–H and O–H groups in total. The third-order valence-electron chi connectivity index (χ3n) is 9.42. The molecule has 0 aromatic heterocycles. The van der Waals surface area contributed by atoms with E-state index in [4.69, 9.17) is 19.9 Å². The first kappa shape index (κ1) is 43.1. The standard InChI is InChI=1S/C48H53N5O6/c1-34-27-42(24-25-45(34)58-32-38-17-9-5-10-18-38)41-22-13-21-40(28-41)29-44(47(49)55)52-35(2)43(23-14-26-50-36(3)57-31-37-15-7-4-8-16-37)53-46(54)30-51-48(56)59-33-39-19-11-6-12-20-39/h4-13,15-22,24-25,27-28,43-44,50,52H,2-3,14,23,26,29-33H2,1H3,(H2,49,55)(H,51,56)(H,53,54)/t43-,44-/m0/s1. The Labute approximate surface area is 346 Å². The minimum atomic E-state index is -0.831. The number of nitrogens with one attached hydrogen (secondary N) is 4. The molecular weight excluding hydrogens is 743 g/mol. The number of nitrogens with two attached hydrogens (primary N) is 1. The second-order valence-corrected chi connectivity index (χ2v) is 14.1. The second-order valence-electron chi connectivity index (χ2n) is 14.1. The average Bonchev–Trinajstić information content (AvgIpc) is 3.25. The normalized spacial score (nSPS) is 11.6. The average molecular weight is 796 g/mol. The van der Waals surface area contributed by atoms with E-state index in [0.29, 0.717) is 44.2 Å². The number of hydrogen-bond acceptors (Lipinski definition) is 8. The molecule has 0 aliphatic heterocycles. The molecule has 0 aliphatic rings. The lowest BCUT2D eigenvalue weighted by Gasteiger charge is -2.26. The SMILES string of the molecule is C=C(NCCC[C@H](NC(=O)CNC(=O)OCc1ccccc1)C(=C)N[C@@H](Cc1cccc(-c2ccc(OCc3ccccc3)c(C)c2)c1)C(N)=O)OCc1ccccc1. The van der Waals surface area contributed by atoms with Gasteiger partial charge in [-0.3, -0.25) is 9.59 Å². The highest BCUT2D eigenvalue weighted by Crippen LogP contribution is 2.28. The highest BCUT2D eigenvalue weighted by molar-refractivity contribution is 5.83. The van der Waals surface area contributed by atoms with Gasteiger partial charge in [0.15, 0.2) is 5.88 Å². The molecule has 11 heteroatoms. The third-order valence-corrected chi connectivity index (χ3v) is 9.42. The molecule has 59 heavy (non-hydrogen) atoms. The summed E-state index contributed by atoms with van der Waals surface area (Å²) in [6, 6.07) is 41.6. The van der Waals surface area contributed by atoms with Crippen LogP contribution in [0.4, 0.5) is 4.79 Å². The number of benzene rings is 5. The van der Waals surface area contributed by atoms with E-state index in [0.717, 1.165) is 44.7 Å². The van der Waals surface area contributed by atoms with Crippen molar-refractivity contribution in [2.45, 2.75) is 58.1 Å². The van der Waals surface area contributed by atoms with E-state index in [1.54, 1.807) is 0 Å². The van der Waals surface area contributed by atoms with Gasteiger partial charge in [0.25, 0.3) is 0 Å². The first-order valence-electron chi connectivity index (χ1n) is 19.6. The van der Waals surface area contributed by atoms with Crippen molar-refractivity contribution in [3.63, 3.8) is 0 Å². The molecule has 306 valence electrons. The van der Waals surface area contributed by atoms with Crippen LogP contribution in [0.2, 0.25) is 0 Å². The summed E-state index contributed by atoms with van der Waals surface area (Å²) in [6.07, 6.45) is 0.550. The van der Waals surface area contributed by atoms with Gasteiger partial charge >= 0.3 is 6.09 Å². The van der Waals surface area contributed by atoms with Crippen LogP contribution in [-0.2, 0) is 45.3 Å². The van der Waals surface area contributed by atoms with Crippen molar-refractivity contribution in [3.05, 3.63) is 186 Å². The fraction of sp³-hybridized carbons (Fsp3) is 0.229. The van der Waals surface area contributed by atoms with Gasteiger partial charge in [-0.25, -0.2) is 4.79 Å². The van der Waals surface area contributed by atoms with Gasteiger partial charge in [0.05, 0.1) is 6.04 Å². The van der Waals surface area contributed by atoms with E-state index in [2.05, 4.69) is 40.5 Å². The maximum absolute atomic E-state index is 13.1. The highest BCUT2D eigenvalue weighted by atomic mass is 16.5. The number of carbonyl (C=O) groups excluding carboxylic acids is 3. The molecule has 0 unspecified atom stereocenters. The summed E-state index contributed by atoms with van der Waals surface area (Å²) in [7, 11) is 0. The molecule has 11 nitrogen and oxygen atoms in total. The maximum atomic E-state index is 13.1. The summed E-state index contributed by atoms with van der Waals surface area (Å²) >= 11 is 0. The zero-order valence-electron chi connectivity index (χ0n) is 33.5. The maximum Gasteiger partial charge on any atom is 0.407 e. The third kappa shape index (κ3) is 14.8. The number of hydrogen-bond donors (Lipinski definition) is 5. The second kappa shape index (κ2) is 22.7. The van der Waals surface area contributed by atoms with Crippen LogP contribution >= 0.6 is 0 Å². The molecule has 0 fully saturated rings. The van der Waals surface area contributed by atoms with Crippen molar-refractivity contribution < 1.29 is 28.6 Å².